The monoisotopic (exact) mass is 1090 g/mol. The molecule has 17 nitrogen and oxygen atoms in total. The summed E-state index contributed by atoms with van der Waals surface area (Å²) in [4.78, 5) is 46.9. The Kier molecular flexibility index (Phi) is 42.9. The molecule has 1 fully saturated rings. The fourth-order valence-corrected chi connectivity index (χ4v) is 13.6. The molecule has 1 saturated heterocycles. The van der Waals surface area contributed by atoms with E-state index in [0.717, 1.165) is 23.6 Å². The molecule has 21 heteroatoms. The molecule has 4 atom stereocenters. The molecule has 1 heterocycles. The molecule has 1 aliphatic heterocycles. The highest BCUT2D eigenvalue weighted by atomic mass is 32.2. The molecular formula is C51H85NO16P2S2. The molecule has 0 aromatic heterocycles. The number of benzene rings is 2. The number of rotatable bonds is 36. The fraction of sp³-hybridized carbons (Fsp3) is 0.647. The highest BCUT2D eigenvalue weighted by molar-refractivity contribution is 8.14. The van der Waals surface area contributed by atoms with Crippen LogP contribution in [0.4, 0.5) is 0 Å². The van der Waals surface area contributed by atoms with Crippen molar-refractivity contribution in [2.24, 2.45) is 17.6 Å². The van der Waals surface area contributed by atoms with E-state index in [-0.39, 0.29) is 77.6 Å². The Bertz CT molecular complexity index is 1790. The van der Waals surface area contributed by atoms with Crippen LogP contribution in [-0.2, 0) is 88.0 Å². The molecule has 1 aliphatic rings. The molecule has 0 radical (unpaired) electrons. The number of esters is 2. The van der Waals surface area contributed by atoms with Crippen LogP contribution < -0.4 is 5.73 Å². The van der Waals surface area contributed by atoms with Gasteiger partial charge in [-0.3, -0.25) is 23.5 Å². The van der Waals surface area contributed by atoms with E-state index >= 15 is 0 Å². The summed E-state index contributed by atoms with van der Waals surface area (Å²) in [6, 6.07) is 19.0. The number of thioether (sulfide) groups is 2. The van der Waals surface area contributed by atoms with Crippen LogP contribution in [0.15, 0.2) is 73.3 Å². The van der Waals surface area contributed by atoms with Gasteiger partial charge in [0.15, 0.2) is 5.12 Å². The molecule has 0 bridgehead atoms. The molecule has 2 aromatic carbocycles. The van der Waals surface area contributed by atoms with Gasteiger partial charge in [0.05, 0.1) is 78.2 Å². The van der Waals surface area contributed by atoms with Gasteiger partial charge in [-0.2, -0.15) is 11.8 Å². The van der Waals surface area contributed by atoms with Gasteiger partial charge < -0.3 is 52.2 Å². The second kappa shape index (κ2) is 44.5. The van der Waals surface area contributed by atoms with E-state index in [0.29, 0.717) is 97.2 Å². The van der Waals surface area contributed by atoms with Crippen LogP contribution >= 0.6 is 38.7 Å². The fourth-order valence-electron chi connectivity index (χ4n) is 6.30. The average Bonchev–Trinajstić information content (AvgIpc) is 3.68. The first-order valence-electron chi connectivity index (χ1n) is 24.5. The second-order valence-electron chi connectivity index (χ2n) is 15.8. The zero-order chi connectivity index (χ0) is 53.9. The number of nitrogens with two attached hydrogens (primary N) is 1. The summed E-state index contributed by atoms with van der Waals surface area (Å²) >= 11 is 2.79. The van der Waals surface area contributed by atoms with E-state index in [4.69, 9.17) is 52.2 Å². The minimum absolute atomic E-state index is 0.0618. The van der Waals surface area contributed by atoms with Crippen molar-refractivity contribution in [2.45, 2.75) is 97.4 Å². The first-order chi connectivity index (χ1) is 34.6. The Labute approximate surface area is 438 Å². The molecule has 0 saturated carbocycles. The highest BCUT2D eigenvalue weighted by Crippen LogP contribution is 2.53. The van der Waals surface area contributed by atoms with Crippen LogP contribution in [-0.4, -0.2) is 138 Å². The Morgan fingerprint density at radius 1 is 0.764 bits per heavy atom. The maximum absolute atomic E-state index is 13.2. The minimum Gasteiger partial charge on any atom is -0.461 e. The summed E-state index contributed by atoms with van der Waals surface area (Å²) in [5.41, 5.74) is 7.06. The van der Waals surface area contributed by atoms with Crippen molar-refractivity contribution in [3.8, 4) is 0 Å². The van der Waals surface area contributed by atoms with Crippen molar-refractivity contribution < 1.29 is 74.8 Å². The van der Waals surface area contributed by atoms with Gasteiger partial charge in [-0.1, -0.05) is 92.9 Å². The van der Waals surface area contributed by atoms with Crippen molar-refractivity contribution in [1.82, 2.24) is 0 Å². The lowest BCUT2D eigenvalue weighted by atomic mass is 9.97. The third-order valence-electron chi connectivity index (χ3n) is 9.76. The topological polar surface area (TPSA) is 221 Å². The molecule has 4 unspecified atom stereocenters. The molecule has 2 N–H and O–H groups in total. The van der Waals surface area contributed by atoms with Crippen molar-refractivity contribution >= 4 is 61.6 Å². The maximum atomic E-state index is 13.2. The van der Waals surface area contributed by atoms with E-state index in [1.54, 1.807) is 41.9 Å². The Hall–Kier alpha value is -2.74. The first-order valence-corrected chi connectivity index (χ1v) is 29.9. The highest BCUT2D eigenvalue weighted by Gasteiger charge is 2.37. The predicted molar refractivity (Wildman–Crippen MR) is 288 cm³/mol. The van der Waals surface area contributed by atoms with Gasteiger partial charge >= 0.3 is 27.1 Å². The van der Waals surface area contributed by atoms with Crippen LogP contribution in [0.2, 0.25) is 0 Å². The summed E-state index contributed by atoms with van der Waals surface area (Å²) in [5.74, 6) is -0.208. The number of hydrogen-bond acceptors (Lipinski definition) is 19. The van der Waals surface area contributed by atoms with Gasteiger partial charge in [0.25, 0.3) is 0 Å². The van der Waals surface area contributed by atoms with Gasteiger partial charge in [-0.25, -0.2) is 4.79 Å². The zero-order valence-electron chi connectivity index (χ0n) is 44.0. The number of carbonyl (C=O) groups excluding carboxylic acids is 4. The Morgan fingerprint density at radius 3 is 1.75 bits per heavy atom. The van der Waals surface area contributed by atoms with Crippen molar-refractivity contribution in [1.29, 1.82) is 0 Å². The molecule has 3 rings (SSSR count). The normalized spacial score (nSPS) is 15.1. The molecule has 72 heavy (non-hydrogen) atoms. The lowest BCUT2D eigenvalue weighted by molar-refractivity contribution is -0.144. The van der Waals surface area contributed by atoms with Crippen LogP contribution in [0, 0.1) is 11.8 Å². The van der Waals surface area contributed by atoms with E-state index in [1.165, 1.54) is 23.5 Å². The van der Waals surface area contributed by atoms with Gasteiger partial charge in [0.1, 0.15) is 19.0 Å². The van der Waals surface area contributed by atoms with Crippen molar-refractivity contribution in [3.05, 3.63) is 84.4 Å². The van der Waals surface area contributed by atoms with Crippen molar-refractivity contribution in [3.63, 3.8) is 0 Å². The van der Waals surface area contributed by atoms with Crippen LogP contribution in [0.5, 0.6) is 0 Å². The van der Waals surface area contributed by atoms with E-state index < -0.39 is 15.2 Å². The number of hydrogen-bond donors (Lipinski definition) is 1. The number of ketones is 1. The van der Waals surface area contributed by atoms with Crippen LogP contribution in [0.3, 0.4) is 0 Å². The van der Waals surface area contributed by atoms with Gasteiger partial charge in [0.2, 0.25) is 0 Å². The summed E-state index contributed by atoms with van der Waals surface area (Å²) in [6.45, 7) is 20.1. The Morgan fingerprint density at radius 2 is 1.28 bits per heavy atom. The van der Waals surface area contributed by atoms with Crippen LogP contribution in [0.1, 0.15) is 84.8 Å². The predicted octanol–water partition coefficient (Wildman–Crippen LogP) is 9.97. The first kappa shape index (κ1) is 69.3. The van der Waals surface area contributed by atoms with E-state index in [9.17, 15) is 28.3 Å². The Balaban J connectivity index is 0.00000113. The lowest BCUT2D eigenvalue weighted by Crippen LogP contribution is -2.22. The average molecular weight is 1090 g/mol. The molecule has 0 amide bonds. The molecule has 0 aliphatic carbocycles. The van der Waals surface area contributed by atoms with Gasteiger partial charge in [-0.05, 0) is 58.1 Å². The van der Waals surface area contributed by atoms with Crippen molar-refractivity contribution in [2.75, 3.05) is 105 Å². The summed E-state index contributed by atoms with van der Waals surface area (Å²) in [7, 11) is -3.03. The number of methoxy groups -OCH3 is 2. The third-order valence-corrected chi connectivity index (χ3v) is 17.2. The molecule has 2 aromatic rings. The standard InChI is InChI=1S/C26H43O8PS.C10H19O4PS.C10H10O2.C5H13NO2/c1-5-33-35(29,34-6-2)21-24(19-22(3)25(27)13-10-15-31-17-16-30-4)36-18-14-26(28)32-20-23-11-8-7-9-12-23;1-4-13-15(12,14-5-2)7-9-6-8(3)10(11)16-9;1-2-10(11)12-8-9-6-4-3-5-7-9;1-7-4-5-8-3-2-6/h7-9,11-12,22,24H,5-6,10,13-21H2,1-4H3;8-9H,4-7H2,1-3H3;2-7H,1,8H2;2-6H2,1H3. The summed E-state index contributed by atoms with van der Waals surface area (Å²) in [6.07, 6.45) is 4.28. The number of carbonyl (C=O) groups is 4. The summed E-state index contributed by atoms with van der Waals surface area (Å²) in [5, 5.41) is 0.101. The second-order valence-corrected chi connectivity index (χ2v) is 22.8. The lowest BCUT2D eigenvalue weighted by Gasteiger charge is -2.25. The SMILES string of the molecule is C=CC(=O)OCc1ccccc1.CCOP(=O)(CC(CC(C)C(=O)CCCOCCOC)SCCC(=O)OCc1ccccc1)OCC.CCOP(=O)(CC1CC(C)C(=O)S1)OCC.COCCOCCN. The molecular weight excluding hydrogens is 1010 g/mol. The molecule has 0 spiro atoms. The minimum atomic E-state index is -3.30. The number of Topliss-reactive ketones (excluding diaryl/α,β-unsaturated/α-hetero) is 1. The summed E-state index contributed by atoms with van der Waals surface area (Å²) < 4.78 is 77.0. The maximum Gasteiger partial charge on any atom is 0.331 e. The third kappa shape index (κ3) is 36.2. The zero-order valence-corrected chi connectivity index (χ0v) is 47.5. The van der Waals surface area contributed by atoms with Gasteiger partial charge in [-0.15, -0.1) is 0 Å². The molecule has 412 valence electrons. The van der Waals surface area contributed by atoms with Gasteiger partial charge in [0, 0.05) is 68.0 Å². The quantitative estimate of drug-likeness (QED) is 0.0290. The number of ether oxygens (including phenoxy) is 6. The van der Waals surface area contributed by atoms with E-state index in [2.05, 4.69) is 6.58 Å². The largest absolute Gasteiger partial charge is 0.461 e. The van der Waals surface area contributed by atoms with Crippen LogP contribution in [0.25, 0.3) is 0 Å². The van der Waals surface area contributed by atoms with E-state index in [1.807, 2.05) is 74.5 Å². The smallest absolute Gasteiger partial charge is 0.331 e.